The second-order valence-corrected chi connectivity index (χ2v) is 8.15. The lowest BCUT2D eigenvalue weighted by atomic mass is 9.49. The van der Waals surface area contributed by atoms with Crippen molar-refractivity contribution >= 4 is 5.91 Å². The molecule has 4 rings (SSSR count). The Morgan fingerprint density at radius 2 is 1.65 bits per heavy atom. The smallest absolute Gasteiger partial charge is 0.220 e. The zero-order valence-electron chi connectivity index (χ0n) is 12.9. The highest BCUT2D eigenvalue weighted by Crippen LogP contribution is 2.61. The van der Waals surface area contributed by atoms with E-state index in [1.807, 2.05) is 6.92 Å². The van der Waals surface area contributed by atoms with Gasteiger partial charge in [-0.05, 0) is 82.0 Å². The van der Waals surface area contributed by atoms with E-state index in [1.165, 1.54) is 38.5 Å². The summed E-state index contributed by atoms with van der Waals surface area (Å²) in [5, 5.41) is 12.5. The predicted molar refractivity (Wildman–Crippen MR) is 79.1 cm³/mol. The second-order valence-electron chi connectivity index (χ2n) is 8.15. The van der Waals surface area contributed by atoms with E-state index in [2.05, 4.69) is 5.32 Å². The number of aliphatic hydroxyl groups excluding tert-OH is 1. The average molecular weight is 279 g/mol. The highest BCUT2D eigenvalue weighted by atomic mass is 16.3. The minimum atomic E-state index is -0.343. The third-order valence-corrected chi connectivity index (χ3v) is 5.80. The molecule has 0 saturated heterocycles. The molecule has 0 radical (unpaired) electrons. The lowest BCUT2D eigenvalue weighted by Gasteiger charge is -2.56. The maximum atomic E-state index is 12.3. The first kappa shape index (κ1) is 14.4. The van der Waals surface area contributed by atoms with E-state index in [4.69, 9.17) is 0 Å². The van der Waals surface area contributed by atoms with E-state index in [0.29, 0.717) is 11.8 Å². The molecule has 4 bridgehead atoms. The van der Waals surface area contributed by atoms with Gasteiger partial charge in [-0.1, -0.05) is 0 Å². The van der Waals surface area contributed by atoms with E-state index < -0.39 is 0 Å². The zero-order valence-corrected chi connectivity index (χ0v) is 12.9. The van der Waals surface area contributed by atoms with Crippen molar-refractivity contribution in [1.29, 1.82) is 0 Å². The third-order valence-electron chi connectivity index (χ3n) is 5.80. The van der Waals surface area contributed by atoms with Gasteiger partial charge in [0, 0.05) is 12.5 Å². The van der Waals surface area contributed by atoms with Crippen molar-refractivity contribution in [3.63, 3.8) is 0 Å². The first-order valence-electron chi connectivity index (χ1n) is 8.41. The van der Waals surface area contributed by atoms with Crippen molar-refractivity contribution in [3.8, 4) is 0 Å². The molecule has 4 aliphatic rings. The van der Waals surface area contributed by atoms with E-state index in [-0.39, 0.29) is 18.1 Å². The summed E-state index contributed by atoms with van der Waals surface area (Å²) in [5.41, 5.74) is 0.323. The van der Waals surface area contributed by atoms with Gasteiger partial charge >= 0.3 is 0 Å². The molecule has 0 aliphatic heterocycles. The summed E-state index contributed by atoms with van der Waals surface area (Å²) in [6.45, 7) is 3.77. The number of hydrogen-bond acceptors (Lipinski definition) is 2. The molecule has 0 aromatic carbocycles. The minimum absolute atomic E-state index is 0.0800. The minimum Gasteiger partial charge on any atom is -0.393 e. The number of amides is 1. The number of carbonyl (C=O) groups is 1. The summed E-state index contributed by atoms with van der Waals surface area (Å²) in [6, 6.07) is 0.0800. The molecular weight excluding hydrogens is 250 g/mol. The summed E-state index contributed by atoms with van der Waals surface area (Å²) in [6.07, 6.45) is 9.18. The predicted octanol–water partition coefficient (Wildman–Crippen LogP) is 2.87. The molecular formula is C17H29NO2. The molecule has 0 spiro atoms. The normalized spacial score (nSPS) is 41.5. The Hall–Kier alpha value is -0.570. The first-order valence-corrected chi connectivity index (χ1v) is 8.41. The average Bonchev–Trinajstić information content (AvgIpc) is 2.23. The zero-order chi connectivity index (χ0) is 14.3. The van der Waals surface area contributed by atoms with E-state index in [0.717, 1.165) is 24.2 Å². The highest BCUT2D eigenvalue weighted by Gasteiger charge is 2.51. The van der Waals surface area contributed by atoms with Gasteiger partial charge in [0.15, 0.2) is 0 Å². The van der Waals surface area contributed by atoms with Crippen LogP contribution in [0.1, 0.15) is 65.2 Å². The molecule has 114 valence electrons. The van der Waals surface area contributed by atoms with Gasteiger partial charge in [0.2, 0.25) is 5.91 Å². The summed E-state index contributed by atoms with van der Waals surface area (Å²) in [7, 11) is 0. The number of aliphatic hydroxyl groups is 1. The Morgan fingerprint density at radius 1 is 1.15 bits per heavy atom. The second kappa shape index (κ2) is 5.32. The molecule has 1 amide bonds. The molecule has 3 nitrogen and oxygen atoms in total. The Balaban J connectivity index is 1.56. The molecule has 2 unspecified atom stereocenters. The summed E-state index contributed by atoms with van der Waals surface area (Å²) < 4.78 is 0. The molecule has 0 aromatic heterocycles. The number of hydrogen-bond donors (Lipinski definition) is 2. The molecule has 3 heteroatoms. The van der Waals surface area contributed by atoms with Crippen molar-refractivity contribution in [2.75, 3.05) is 0 Å². The van der Waals surface area contributed by atoms with Crippen molar-refractivity contribution < 1.29 is 9.90 Å². The van der Waals surface area contributed by atoms with Crippen LogP contribution in [0.5, 0.6) is 0 Å². The molecule has 4 saturated carbocycles. The van der Waals surface area contributed by atoms with E-state index >= 15 is 0 Å². The highest BCUT2D eigenvalue weighted by molar-refractivity contribution is 5.77. The van der Waals surface area contributed by atoms with Crippen LogP contribution in [0.3, 0.4) is 0 Å². The molecule has 0 heterocycles. The fourth-order valence-electron chi connectivity index (χ4n) is 5.74. The molecule has 2 N–H and O–H groups in total. The summed E-state index contributed by atoms with van der Waals surface area (Å²) in [5.74, 6) is 2.93. The number of carbonyl (C=O) groups excluding carboxylic acids is 1. The Bertz CT molecular complexity index is 342. The summed E-state index contributed by atoms with van der Waals surface area (Å²) in [4.78, 5) is 12.3. The van der Waals surface area contributed by atoms with Crippen LogP contribution < -0.4 is 5.32 Å². The number of rotatable bonds is 5. The molecule has 4 fully saturated rings. The third kappa shape index (κ3) is 3.03. The van der Waals surface area contributed by atoms with Crippen LogP contribution >= 0.6 is 0 Å². The van der Waals surface area contributed by atoms with E-state index in [1.54, 1.807) is 6.92 Å². The van der Waals surface area contributed by atoms with Crippen molar-refractivity contribution in [1.82, 2.24) is 5.32 Å². The molecule has 4 aliphatic carbocycles. The SMILES string of the molecule is CC(O)CC(C)NC(=O)CC12CC3CC(CC(C3)C1)C2. The van der Waals surface area contributed by atoms with Gasteiger partial charge in [0.1, 0.15) is 0 Å². The first-order chi connectivity index (χ1) is 9.44. The van der Waals surface area contributed by atoms with Gasteiger partial charge in [-0.2, -0.15) is 0 Å². The largest absolute Gasteiger partial charge is 0.393 e. The lowest BCUT2D eigenvalue weighted by molar-refractivity contribution is -0.130. The molecule has 20 heavy (non-hydrogen) atoms. The monoisotopic (exact) mass is 279 g/mol. The van der Waals surface area contributed by atoms with Crippen LogP contribution in [0.25, 0.3) is 0 Å². The quantitative estimate of drug-likeness (QED) is 0.813. The van der Waals surface area contributed by atoms with Gasteiger partial charge in [-0.25, -0.2) is 0 Å². The van der Waals surface area contributed by atoms with Gasteiger partial charge in [0.25, 0.3) is 0 Å². The molecule has 2 atom stereocenters. The Labute approximate surface area is 122 Å². The summed E-state index contributed by atoms with van der Waals surface area (Å²) >= 11 is 0. The van der Waals surface area contributed by atoms with Crippen molar-refractivity contribution in [2.45, 2.75) is 77.4 Å². The van der Waals surface area contributed by atoms with Crippen LogP contribution in [0.2, 0.25) is 0 Å². The van der Waals surface area contributed by atoms with Crippen molar-refractivity contribution in [2.24, 2.45) is 23.2 Å². The maximum Gasteiger partial charge on any atom is 0.220 e. The van der Waals surface area contributed by atoms with Gasteiger partial charge in [0.05, 0.1) is 6.10 Å². The van der Waals surface area contributed by atoms with E-state index in [9.17, 15) is 9.90 Å². The standard InChI is InChI=1S/C17H29NO2/c1-11(3-12(2)19)18-16(20)10-17-7-13-4-14(8-17)6-15(5-13)9-17/h11-15,19H,3-10H2,1-2H3,(H,18,20). The van der Waals surface area contributed by atoms with Crippen molar-refractivity contribution in [3.05, 3.63) is 0 Å². The fourth-order valence-corrected chi connectivity index (χ4v) is 5.74. The lowest BCUT2D eigenvalue weighted by Crippen LogP contribution is -2.48. The number of nitrogens with one attached hydrogen (secondary N) is 1. The van der Waals surface area contributed by atoms with Gasteiger partial charge in [-0.15, -0.1) is 0 Å². The maximum absolute atomic E-state index is 12.3. The van der Waals surface area contributed by atoms with Crippen LogP contribution in [0.4, 0.5) is 0 Å². The molecule has 0 aromatic rings. The van der Waals surface area contributed by atoms with Gasteiger partial charge < -0.3 is 10.4 Å². The topological polar surface area (TPSA) is 49.3 Å². The Kier molecular flexibility index (Phi) is 3.83. The van der Waals surface area contributed by atoms with Gasteiger partial charge in [-0.3, -0.25) is 4.79 Å². The Morgan fingerprint density at radius 3 is 2.10 bits per heavy atom. The van der Waals surface area contributed by atoms with Crippen LogP contribution in [0, 0.1) is 23.2 Å². The fraction of sp³-hybridized carbons (Fsp3) is 0.941. The van der Waals surface area contributed by atoms with Crippen LogP contribution in [0.15, 0.2) is 0 Å². The van der Waals surface area contributed by atoms with Crippen LogP contribution in [-0.4, -0.2) is 23.2 Å². The van der Waals surface area contributed by atoms with Crippen LogP contribution in [-0.2, 0) is 4.79 Å².